The first-order chi connectivity index (χ1) is 23.8. The molecule has 0 amide bonds. The summed E-state index contributed by atoms with van der Waals surface area (Å²) in [5.74, 6) is 0.973. The van der Waals surface area contributed by atoms with E-state index in [1.807, 2.05) is 83.4 Å². The molecule has 7 heteroatoms. The van der Waals surface area contributed by atoms with Gasteiger partial charge in [0, 0.05) is 33.8 Å². The van der Waals surface area contributed by atoms with E-state index in [1.54, 1.807) is 0 Å². The lowest BCUT2D eigenvalue weighted by Gasteiger charge is -2.12. The Bertz CT molecular complexity index is 2530. The van der Waals surface area contributed by atoms with Crippen molar-refractivity contribution in [3.05, 3.63) is 180 Å². The standard InChI is InChI=1S/C41H27N7/c1-5-13-27(14-6-1)36-34-24-23-31(43-34)25-30-21-22-32(42-30)26-35-46-47-41(48(35)33-19-11-4-12-20-33)45-40-38(29-17-9-3-10-18-29)37(39(36)44-40)28-15-7-2-8-16-28/h1-26,43H. The van der Waals surface area contributed by atoms with Gasteiger partial charge in [-0.05, 0) is 59.2 Å². The van der Waals surface area contributed by atoms with Crippen LogP contribution in [0.25, 0.3) is 62.6 Å². The molecule has 0 radical (unpaired) electrons. The van der Waals surface area contributed by atoms with Crippen LogP contribution in [0.4, 0.5) is 0 Å². The van der Waals surface area contributed by atoms with Gasteiger partial charge in [-0.2, -0.15) is 4.98 Å². The van der Waals surface area contributed by atoms with Gasteiger partial charge < -0.3 is 4.98 Å². The number of H-pyrrole nitrogens is 1. The molecule has 8 bridgehead atoms. The number of hydrogen-bond acceptors (Lipinski definition) is 5. The highest BCUT2D eigenvalue weighted by Gasteiger charge is 2.28. The maximum absolute atomic E-state index is 5.43. The van der Waals surface area contributed by atoms with Gasteiger partial charge in [0.2, 0.25) is 0 Å². The Labute approximate surface area is 276 Å². The third-order valence-corrected chi connectivity index (χ3v) is 8.48. The van der Waals surface area contributed by atoms with Crippen molar-refractivity contribution in [2.75, 3.05) is 0 Å². The number of aromatic amines is 1. The highest BCUT2D eigenvalue weighted by atomic mass is 15.3. The Morgan fingerprint density at radius 2 is 1.10 bits per heavy atom. The van der Waals surface area contributed by atoms with Crippen molar-refractivity contribution in [2.24, 2.45) is 0 Å². The van der Waals surface area contributed by atoms with Gasteiger partial charge in [-0.15, -0.1) is 10.2 Å². The van der Waals surface area contributed by atoms with E-state index in [9.17, 15) is 0 Å². The molecule has 4 aromatic carbocycles. The molecule has 0 unspecified atom stereocenters. The first kappa shape index (κ1) is 27.6. The topological polar surface area (TPSA) is 85.2 Å². The van der Waals surface area contributed by atoms with E-state index in [0.717, 1.165) is 67.2 Å². The van der Waals surface area contributed by atoms with Crippen molar-refractivity contribution in [3.8, 4) is 16.8 Å². The monoisotopic (exact) mass is 617 g/mol. The van der Waals surface area contributed by atoms with Gasteiger partial charge >= 0.3 is 0 Å². The minimum absolute atomic E-state index is 0.419. The van der Waals surface area contributed by atoms with Crippen LogP contribution in [0.3, 0.4) is 0 Å². The number of rotatable bonds is 4. The zero-order valence-electron chi connectivity index (χ0n) is 25.7. The van der Waals surface area contributed by atoms with Crippen molar-refractivity contribution >= 4 is 45.8 Å². The highest BCUT2D eigenvalue weighted by molar-refractivity contribution is 6.09. The zero-order valence-corrected chi connectivity index (χ0v) is 25.7. The van der Waals surface area contributed by atoms with Crippen LogP contribution in [-0.4, -0.2) is 34.7 Å². The smallest absolute Gasteiger partial charge is 0.257 e. The van der Waals surface area contributed by atoms with Gasteiger partial charge in [-0.3, -0.25) is 4.57 Å². The first-order valence-electron chi connectivity index (χ1n) is 15.8. The Morgan fingerprint density at radius 3 is 1.79 bits per heavy atom. The molecule has 0 atom stereocenters. The second-order valence-corrected chi connectivity index (χ2v) is 11.6. The van der Waals surface area contributed by atoms with Gasteiger partial charge in [-0.25, -0.2) is 9.97 Å². The van der Waals surface area contributed by atoms with E-state index in [4.69, 9.17) is 15.0 Å². The molecular formula is C41H27N7. The minimum Gasteiger partial charge on any atom is -0.355 e. The van der Waals surface area contributed by atoms with Gasteiger partial charge in [-0.1, -0.05) is 109 Å². The second-order valence-electron chi connectivity index (χ2n) is 11.6. The van der Waals surface area contributed by atoms with E-state index in [-0.39, 0.29) is 0 Å². The molecule has 3 aromatic heterocycles. The van der Waals surface area contributed by atoms with Crippen LogP contribution < -0.4 is 0 Å². The molecule has 0 fully saturated rings. The number of aromatic nitrogens is 7. The Hall–Kier alpha value is -6.73. The quantitative estimate of drug-likeness (QED) is 0.213. The predicted octanol–water partition coefficient (Wildman–Crippen LogP) is 8.81. The fraction of sp³-hybridized carbons (Fsp3) is 0. The molecule has 226 valence electrons. The van der Waals surface area contributed by atoms with Crippen LogP contribution in [-0.2, 0) is 0 Å². The summed E-state index contributed by atoms with van der Waals surface area (Å²) in [5, 5.41) is 9.24. The summed E-state index contributed by atoms with van der Waals surface area (Å²) in [6, 6.07) is 49.4. The molecule has 2 aliphatic heterocycles. The fourth-order valence-electron chi connectivity index (χ4n) is 6.36. The SMILES string of the molecule is C1=Cc2cc3nnc(nc4nc(c(-c5ccccc5)c5ccc(cc1n2)[nH]5)C(c1ccccc1)=C4c1ccccc1)n3-c1ccccc1. The lowest BCUT2D eigenvalue weighted by molar-refractivity contribution is 1.06. The summed E-state index contributed by atoms with van der Waals surface area (Å²) in [7, 11) is 0. The van der Waals surface area contributed by atoms with Crippen LogP contribution >= 0.6 is 0 Å². The van der Waals surface area contributed by atoms with E-state index < -0.39 is 0 Å². The number of hydrogen-bond donors (Lipinski definition) is 1. The van der Waals surface area contributed by atoms with Crippen LogP contribution in [0, 0.1) is 0 Å². The van der Waals surface area contributed by atoms with Crippen molar-refractivity contribution < 1.29 is 0 Å². The summed E-state index contributed by atoms with van der Waals surface area (Å²) < 4.78 is 1.95. The third kappa shape index (κ3) is 4.91. The number of benzene rings is 4. The average Bonchev–Trinajstić information content (AvgIpc) is 3.94. The number of nitrogens with zero attached hydrogens (tertiary/aromatic N) is 6. The lowest BCUT2D eigenvalue weighted by atomic mass is 9.90. The maximum atomic E-state index is 5.43. The lowest BCUT2D eigenvalue weighted by Crippen LogP contribution is -1.98. The van der Waals surface area contributed by atoms with Crippen LogP contribution in [0.1, 0.15) is 34.0 Å². The molecule has 2 aliphatic rings. The summed E-state index contributed by atoms with van der Waals surface area (Å²) in [6.07, 6.45) is 3.99. The Balaban J connectivity index is 1.51. The third-order valence-electron chi connectivity index (χ3n) is 8.48. The molecule has 1 N–H and O–H groups in total. The minimum atomic E-state index is 0.419. The predicted molar refractivity (Wildman–Crippen MR) is 192 cm³/mol. The van der Waals surface area contributed by atoms with E-state index in [2.05, 4.69) is 94.0 Å². The summed E-state index contributed by atoms with van der Waals surface area (Å²) in [4.78, 5) is 19.2. The largest absolute Gasteiger partial charge is 0.355 e. The maximum Gasteiger partial charge on any atom is 0.257 e. The molecule has 48 heavy (non-hydrogen) atoms. The van der Waals surface area contributed by atoms with Crippen molar-refractivity contribution in [1.82, 2.24) is 34.7 Å². The van der Waals surface area contributed by atoms with Crippen LogP contribution in [0.2, 0.25) is 0 Å². The molecule has 0 saturated carbocycles. The van der Waals surface area contributed by atoms with Crippen LogP contribution in [0.5, 0.6) is 0 Å². The number of nitrogens with one attached hydrogen (secondary N) is 1. The average molecular weight is 618 g/mol. The van der Waals surface area contributed by atoms with Crippen molar-refractivity contribution in [2.45, 2.75) is 0 Å². The second kappa shape index (κ2) is 11.6. The molecular weight excluding hydrogens is 591 g/mol. The normalized spacial score (nSPS) is 12.4. The Morgan fingerprint density at radius 1 is 0.500 bits per heavy atom. The molecule has 0 saturated heterocycles. The van der Waals surface area contributed by atoms with Crippen molar-refractivity contribution in [1.29, 1.82) is 0 Å². The van der Waals surface area contributed by atoms with E-state index >= 15 is 0 Å². The molecule has 5 heterocycles. The van der Waals surface area contributed by atoms with E-state index in [1.165, 1.54) is 0 Å². The number of para-hydroxylation sites is 1. The summed E-state index contributed by atoms with van der Waals surface area (Å²) in [5.41, 5.74) is 11.8. The van der Waals surface area contributed by atoms with E-state index in [0.29, 0.717) is 17.2 Å². The molecule has 0 aliphatic carbocycles. The van der Waals surface area contributed by atoms with Gasteiger partial charge in [0.05, 0.1) is 22.8 Å². The molecule has 0 spiro atoms. The van der Waals surface area contributed by atoms with Crippen LogP contribution in [0.15, 0.2) is 146 Å². The highest BCUT2D eigenvalue weighted by Crippen LogP contribution is 2.43. The number of fused-ring (bicyclic) bond motifs is 8. The molecule has 9 rings (SSSR count). The molecule has 7 aromatic rings. The van der Waals surface area contributed by atoms with Gasteiger partial charge in [0.15, 0.2) is 11.5 Å². The zero-order chi connectivity index (χ0) is 31.9. The Kier molecular flexibility index (Phi) is 6.64. The summed E-state index contributed by atoms with van der Waals surface area (Å²) >= 11 is 0. The van der Waals surface area contributed by atoms with Crippen molar-refractivity contribution in [3.63, 3.8) is 0 Å². The first-order valence-corrected chi connectivity index (χ1v) is 15.8. The molecule has 7 nitrogen and oxygen atoms in total. The summed E-state index contributed by atoms with van der Waals surface area (Å²) in [6.45, 7) is 0. The van der Waals surface area contributed by atoms with Gasteiger partial charge in [0.25, 0.3) is 5.78 Å². The fourth-order valence-corrected chi connectivity index (χ4v) is 6.36. The van der Waals surface area contributed by atoms with Gasteiger partial charge in [0.1, 0.15) is 0 Å².